The van der Waals surface area contributed by atoms with E-state index in [1.807, 2.05) is 97.9 Å². The van der Waals surface area contributed by atoms with Crippen LogP contribution < -0.4 is 5.32 Å². The molecule has 0 unspecified atom stereocenters. The molecule has 0 aliphatic rings. The van der Waals surface area contributed by atoms with Gasteiger partial charge in [-0.05, 0) is 59.4 Å². The molecular formula is C39H52N5O4SY-. The topological polar surface area (TPSA) is 125 Å². The van der Waals surface area contributed by atoms with Gasteiger partial charge in [-0.25, -0.2) is 5.11 Å². The van der Waals surface area contributed by atoms with Crippen molar-refractivity contribution in [1.82, 2.24) is 0 Å². The first-order valence-corrected chi connectivity index (χ1v) is 18.3. The van der Waals surface area contributed by atoms with Gasteiger partial charge in [-0.2, -0.15) is 24.7 Å². The minimum Gasteiger partial charge on any atom is -0.505 e. The van der Waals surface area contributed by atoms with E-state index < -0.39 is 10.1 Å². The zero-order valence-electron chi connectivity index (χ0n) is 31.4. The molecule has 9 nitrogen and oxygen atoms in total. The molecule has 0 fully saturated rings. The average Bonchev–Trinajstić information content (AvgIpc) is 3.13. The van der Waals surface area contributed by atoms with Crippen LogP contribution in [0.4, 0.5) is 28.4 Å². The molecule has 5 rings (SSSR count). The van der Waals surface area contributed by atoms with Crippen molar-refractivity contribution >= 4 is 60.1 Å². The molecule has 0 spiro atoms. The van der Waals surface area contributed by atoms with Gasteiger partial charge in [-0.1, -0.05) is 105 Å². The Bertz CT molecular complexity index is 1920. The number of hydrogen-bond acceptors (Lipinski definition) is 9. The minimum absolute atomic E-state index is 0. The van der Waals surface area contributed by atoms with E-state index in [1.54, 1.807) is 30.3 Å². The maximum atomic E-state index is 12.7. The number of nitrogens with zero attached hydrogens (tertiary/aromatic N) is 4. The third kappa shape index (κ3) is 12.6. The number of azo groups is 2. The molecule has 11 heteroatoms. The van der Waals surface area contributed by atoms with Crippen LogP contribution in [-0.2, 0) is 47.0 Å². The molecular weight excluding hydrogens is 723 g/mol. The Kier molecular flexibility index (Phi) is 22.8. The number of aromatic hydroxyl groups is 1. The van der Waals surface area contributed by atoms with Gasteiger partial charge in [0.15, 0.2) is 5.75 Å². The van der Waals surface area contributed by atoms with Crippen LogP contribution in [0.5, 0.6) is 5.75 Å². The number of benzene rings is 5. The normalized spacial score (nSPS) is 10.5. The zero-order valence-corrected chi connectivity index (χ0v) is 35.0. The van der Waals surface area contributed by atoms with Crippen molar-refractivity contribution in [2.24, 2.45) is 20.5 Å². The number of fused-ring (bicyclic) bond motifs is 2. The van der Waals surface area contributed by atoms with Gasteiger partial charge in [-0.15, -0.1) is 22.8 Å². The quantitative estimate of drug-likeness (QED) is 0.0922. The Morgan fingerprint density at radius 1 is 0.760 bits per heavy atom. The van der Waals surface area contributed by atoms with Crippen molar-refractivity contribution in [1.29, 1.82) is 0 Å². The number of rotatable bonds is 8. The summed E-state index contributed by atoms with van der Waals surface area (Å²) in [4.78, 5) is -0.297. The Labute approximate surface area is 324 Å². The molecule has 0 aliphatic carbocycles. The molecule has 0 bridgehead atoms. The van der Waals surface area contributed by atoms with E-state index in [4.69, 9.17) is 4.18 Å². The number of phenols is 1. The van der Waals surface area contributed by atoms with Crippen molar-refractivity contribution in [2.75, 3.05) is 19.0 Å². The summed E-state index contributed by atoms with van der Waals surface area (Å²) in [6.07, 6.45) is 1.25. The molecule has 2 N–H and O–H groups in total. The second-order valence-electron chi connectivity index (χ2n) is 9.65. The van der Waals surface area contributed by atoms with Crippen molar-refractivity contribution in [3.05, 3.63) is 90.5 Å². The zero-order chi connectivity index (χ0) is 37.0. The van der Waals surface area contributed by atoms with Gasteiger partial charge < -0.3 is 10.4 Å². The third-order valence-corrected chi connectivity index (χ3v) is 7.61. The first kappa shape index (κ1) is 46.4. The van der Waals surface area contributed by atoms with Gasteiger partial charge in [-0.3, -0.25) is 4.18 Å². The fraction of sp³-hybridized carbons (Fsp3) is 0.333. The van der Waals surface area contributed by atoms with Crippen LogP contribution in [0.15, 0.2) is 104 Å². The van der Waals surface area contributed by atoms with E-state index in [1.165, 1.54) is 12.5 Å². The molecule has 0 atom stereocenters. The van der Waals surface area contributed by atoms with Gasteiger partial charge in [0.25, 0.3) is 10.1 Å². The van der Waals surface area contributed by atoms with E-state index in [2.05, 4.69) is 45.7 Å². The minimum atomic E-state index is -4.21. The maximum Gasteiger partial charge on any atom is 0.299 e. The molecule has 267 valence electrons. The number of nitrogens with one attached hydrogen (secondary N) is 1. The average molecular weight is 776 g/mol. The molecule has 0 aliphatic heterocycles. The molecule has 0 heterocycles. The number of hydrogen-bond donors (Lipinski definition) is 2. The largest absolute Gasteiger partial charge is 0.505 e. The molecule has 5 aromatic carbocycles. The summed E-state index contributed by atoms with van der Waals surface area (Å²) in [7, 11) is -3.16. The Morgan fingerprint density at radius 3 is 2.00 bits per heavy atom. The van der Waals surface area contributed by atoms with Crippen LogP contribution >= 0.6 is 0 Å². The van der Waals surface area contributed by atoms with E-state index in [0.29, 0.717) is 28.7 Å². The first-order valence-electron chi connectivity index (χ1n) is 16.9. The fourth-order valence-corrected chi connectivity index (χ4v) is 5.12. The Morgan fingerprint density at radius 2 is 1.38 bits per heavy atom. The molecule has 0 aromatic heterocycles. The molecule has 50 heavy (non-hydrogen) atoms. The van der Waals surface area contributed by atoms with Gasteiger partial charge in [0.05, 0.1) is 12.8 Å². The summed E-state index contributed by atoms with van der Waals surface area (Å²) < 4.78 is 30.2. The van der Waals surface area contributed by atoms with Crippen LogP contribution in [-0.4, -0.2) is 27.2 Å². The standard InChI is InChI=1S/C30H26N5O4S.C3H8.3C2H6.Y/c1-4-31-22-12-14-25-21(17-22)18-28(40(37,38)39-3)29(30(25)36)35-32-23-13-15-26(19(2)16-23)33-34-27-11-7-9-20-8-5-6-10-24(20)27;1-3-2;3*1-2;/h5-12,14-18,31,36H,4H2,1-3H3;3H2,1-2H3;3*1-2H3;/q-1;;;;;. The van der Waals surface area contributed by atoms with Crippen LogP contribution in [0.3, 0.4) is 0 Å². The van der Waals surface area contributed by atoms with E-state index in [9.17, 15) is 13.5 Å². The van der Waals surface area contributed by atoms with Gasteiger partial charge in [0, 0.05) is 55.7 Å². The molecule has 0 saturated heterocycles. The maximum absolute atomic E-state index is 12.7. The Balaban J connectivity index is 0.00000221. The van der Waals surface area contributed by atoms with Gasteiger partial charge in [0.2, 0.25) is 0 Å². The first-order chi connectivity index (χ1) is 23.7. The summed E-state index contributed by atoms with van der Waals surface area (Å²) in [5, 5.41) is 34.3. The second kappa shape index (κ2) is 24.6. The Hall–Kier alpha value is -3.57. The van der Waals surface area contributed by atoms with E-state index in [-0.39, 0.29) is 49.0 Å². The predicted molar refractivity (Wildman–Crippen MR) is 206 cm³/mol. The van der Waals surface area contributed by atoms with Crippen molar-refractivity contribution < 1.29 is 50.4 Å². The predicted octanol–water partition coefficient (Wildman–Crippen LogP) is 12.9. The second-order valence-corrected chi connectivity index (χ2v) is 11.3. The summed E-state index contributed by atoms with van der Waals surface area (Å²) in [5.74, 6) is -0.322. The summed E-state index contributed by atoms with van der Waals surface area (Å²) >= 11 is 0. The smallest absolute Gasteiger partial charge is 0.299 e. The van der Waals surface area contributed by atoms with Gasteiger partial charge in [0.1, 0.15) is 10.6 Å². The van der Waals surface area contributed by atoms with Gasteiger partial charge >= 0.3 is 0 Å². The number of phenolic OH excluding ortho intramolecular Hbond substituents is 1. The SMILES string of the molecule is CC.CC.CC.CCC.CCNc1ccc2c(O)c(N=Nc3[c-]cc(N=Nc4cccc5ccccc45)c(C)c3)c(S(=O)(=O)OC)cc2c1.[Y]. The number of aryl methyl sites for hydroxylation is 1. The van der Waals surface area contributed by atoms with Crippen LogP contribution in [0, 0.1) is 13.0 Å². The van der Waals surface area contributed by atoms with E-state index in [0.717, 1.165) is 34.8 Å². The summed E-state index contributed by atoms with van der Waals surface area (Å²) in [6, 6.07) is 26.8. The van der Waals surface area contributed by atoms with Crippen molar-refractivity contribution in [2.45, 2.75) is 80.6 Å². The number of anilines is 1. The molecule has 0 amide bonds. The van der Waals surface area contributed by atoms with Crippen molar-refractivity contribution in [3.63, 3.8) is 0 Å². The molecule has 5 aromatic rings. The van der Waals surface area contributed by atoms with Crippen LogP contribution in [0.1, 0.15) is 74.3 Å². The monoisotopic (exact) mass is 775 g/mol. The summed E-state index contributed by atoms with van der Waals surface area (Å²) in [6.45, 7) is 20.7. The molecule has 0 saturated carbocycles. The fourth-order valence-electron chi connectivity index (χ4n) is 4.29. The van der Waals surface area contributed by atoms with Crippen LogP contribution in [0.25, 0.3) is 21.5 Å². The third-order valence-electron chi connectivity index (χ3n) is 6.32. The van der Waals surface area contributed by atoms with Crippen LogP contribution in [0.2, 0.25) is 0 Å². The van der Waals surface area contributed by atoms with E-state index >= 15 is 0 Å². The molecule has 1 radical (unpaired) electrons. The summed E-state index contributed by atoms with van der Waals surface area (Å²) in [5.41, 5.74) is 2.99. The van der Waals surface area contributed by atoms with Crippen molar-refractivity contribution in [3.8, 4) is 5.75 Å².